The number of hydrogen-bond acceptors (Lipinski definition) is 7. The summed E-state index contributed by atoms with van der Waals surface area (Å²) in [5.74, 6) is -2.09. The molecule has 0 aliphatic heterocycles. The summed E-state index contributed by atoms with van der Waals surface area (Å²) in [5.41, 5.74) is -1.86. The standard InChI is InChI=1S/C38H56O7Si2/c1-11-27-43-35(41)38(34(40)42-8)26-25-32(39)31(33(38)45-46(9,10)36(2,3)4)24-18-19-28-44-47(37(5,6)7,29-20-14-12-15-21-29)30-22-16-13-17-23-30/h11-17,20-23,25-26,31-33,39H,1,18-19,24,27-28H2,2-10H3/t31-,32+,33-,38-/m0/s1. The van der Waals surface area contributed by atoms with Gasteiger partial charge in [0.05, 0.1) is 19.3 Å². The van der Waals surface area contributed by atoms with Crippen LogP contribution < -0.4 is 10.4 Å². The van der Waals surface area contributed by atoms with Gasteiger partial charge in [0.25, 0.3) is 8.32 Å². The van der Waals surface area contributed by atoms with Gasteiger partial charge in [0.15, 0.2) is 8.32 Å². The van der Waals surface area contributed by atoms with E-state index in [1.165, 1.54) is 35.7 Å². The van der Waals surface area contributed by atoms with E-state index < -0.39 is 52.1 Å². The number of carbonyl (C=O) groups excluding carboxylic acids is 2. The minimum atomic E-state index is -2.70. The first-order valence-corrected chi connectivity index (χ1v) is 21.5. The number of esters is 2. The number of rotatable bonds is 14. The zero-order chi connectivity index (χ0) is 35.1. The normalized spacial score (nSPS) is 22.0. The van der Waals surface area contributed by atoms with Crippen molar-refractivity contribution in [2.45, 2.75) is 96.2 Å². The topological polar surface area (TPSA) is 91.3 Å². The predicted octanol–water partition coefficient (Wildman–Crippen LogP) is 6.56. The molecule has 0 saturated heterocycles. The lowest BCUT2D eigenvalue weighted by atomic mass is 9.68. The third-order valence-electron chi connectivity index (χ3n) is 9.92. The molecule has 1 aliphatic carbocycles. The van der Waals surface area contributed by atoms with Gasteiger partial charge in [-0.1, -0.05) is 133 Å². The van der Waals surface area contributed by atoms with Crippen LogP contribution in [0.3, 0.4) is 0 Å². The molecular formula is C38H56O7Si2. The van der Waals surface area contributed by atoms with Crippen molar-refractivity contribution in [1.29, 1.82) is 0 Å². The summed E-state index contributed by atoms with van der Waals surface area (Å²) < 4.78 is 24.7. The van der Waals surface area contributed by atoms with Crippen molar-refractivity contribution in [3.63, 3.8) is 0 Å². The molecule has 1 N–H and O–H groups in total. The quantitative estimate of drug-likeness (QED) is 0.0795. The second-order valence-corrected chi connectivity index (χ2v) is 24.1. The molecule has 0 bridgehead atoms. The van der Waals surface area contributed by atoms with E-state index in [4.69, 9.17) is 18.3 Å². The number of unbranched alkanes of at least 4 members (excludes halogenated alkanes) is 1. The molecule has 7 nitrogen and oxygen atoms in total. The first-order chi connectivity index (χ1) is 22.0. The van der Waals surface area contributed by atoms with E-state index in [1.54, 1.807) is 0 Å². The maximum Gasteiger partial charge on any atom is 0.330 e. The van der Waals surface area contributed by atoms with Crippen LogP contribution in [0.15, 0.2) is 85.5 Å². The van der Waals surface area contributed by atoms with E-state index in [1.807, 2.05) is 12.1 Å². The van der Waals surface area contributed by atoms with Gasteiger partial charge < -0.3 is 23.4 Å². The zero-order valence-electron chi connectivity index (χ0n) is 29.9. The summed E-state index contributed by atoms with van der Waals surface area (Å²) in [6.45, 7) is 21.3. The fourth-order valence-electron chi connectivity index (χ4n) is 6.34. The van der Waals surface area contributed by atoms with E-state index in [0.29, 0.717) is 19.4 Å². The maximum atomic E-state index is 13.7. The number of benzene rings is 2. The van der Waals surface area contributed by atoms with Gasteiger partial charge in [0.2, 0.25) is 5.41 Å². The Morgan fingerprint density at radius 1 is 0.894 bits per heavy atom. The first kappa shape index (κ1) is 38.6. The smallest absolute Gasteiger partial charge is 0.330 e. The number of ether oxygens (including phenoxy) is 2. The van der Waals surface area contributed by atoms with Crippen molar-refractivity contribution in [3.8, 4) is 0 Å². The molecule has 0 spiro atoms. The van der Waals surface area contributed by atoms with Crippen molar-refractivity contribution in [1.82, 2.24) is 0 Å². The number of aliphatic hydroxyl groups excluding tert-OH is 1. The van der Waals surface area contributed by atoms with Crippen LogP contribution in [-0.2, 0) is 27.9 Å². The molecule has 9 heteroatoms. The Bertz CT molecular complexity index is 1320. The molecule has 0 radical (unpaired) electrons. The van der Waals surface area contributed by atoms with Crippen LogP contribution in [0, 0.1) is 11.3 Å². The van der Waals surface area contributed by atoms with Crippen molar-refractivity contribution < 1.29 is 33.0 Å². The highest BCUT2D eigenvalue weighted by atomic mass is 28.4. The van der Waals surface area contributed by atoms with Gasteiger partial charge >= 0.3 is 11.9 Å². The SMILES string of the molecule is C=CCOC(=O)[C@@]1(C(=O)OC)C=C[C@@H](O)[C@H](CCCCO[Si](c2ccccc2)(c2ccccc2)C(C)(C)C)[C@@H]1O[Si](C)(C)C(C)(C)C. The zero-order valence-corrected chi connectivity index (χ0v) is 31.9. The predicted molar refractivity (Wildman–Crippen MR) is 194 cm³/mol. The second kappa shape index (κ2) is 15.6. The average molecular weight is 681 g/mol. The van der Waals surface area contributed by atoms with Crippen LogP contribution in [0.2, 0.25) is 23.2 Å². The molecular weight excluding hydrogens is 625 g/mol. The first-order valence-electron chi connectivity index (χ1n) is 16.7. The second-order valence-electron chi connectivity index (χ2n) is 15.1. The van der Waals surface area contributed by atoms with Gasteiger partial charge in [0.1, 0.15) is 6.61 Å². The number of carbonyl (C=O) groups is 2. The molecule has 1 aliphatic rings. The molecule has 0 fully saturated rings. The summed E-state index contributed by atoms with van der Waals surface area (Å²) >= 11 is 0. The molecule has 2 aromatic rings. The molecule has 2 aromatic carbocycles. The Kier molecular flexibility index (Phi) is 12.8. The molecule has 258 valence electrons. The van der Waals surface area contributed by atoms with Crippen molar-refractivity contribution in [3.05, 3.63) is 85.5 Å². The summed E-state index contributed by atoms with van der Waals surface area (Å²) in [6, 6.07) is 21.1. The molecule has 3 rings (SSSR count). The van der Waals surface area contributed by atoms with E-state index in [2.05, 4.69) is 110 Å². The van der Waals surface area contributed by atoms with E-state index in [9.17, 15) is 14.7 Å². The highest BCUT2D eigenvalue weighted by Gasteiger charge is 2.61. The van der Waals surface area contributed by atoms with Gasteiger partial charge in [-0.25, -0.2) is 0 Å². The molecule has 0 unspecified atom stereocenters. The summed E-state index contributed by atoms with van der Waals surface area (Å²) in [5, 5.41) is 13.4. The molecule has 0 aromatic heterocycles. The van der Waals surface area contributed by atoms with Gasteiger partial charge in [-0.2, -0.15) is 0 Å². The highest BCUT2D eigenvalue weighted by Crippen LogP contribution is 2.47. The maximum absolute atomic E-state index is 13.7. The lowest BCUT2D eigenvalue weighted by molar-refractivity contribution is -0.178. The number of hydrogen-bond donors (Lipinski definition) is 1. The Labute approximate surface area is 284 Å². The third kappa shape index (κ3) is 8.08. The van der Waals surface area contributed by atoms with Gasteiger partial charge in [-0.15, -0.1) is 0 Å². The van der Waals surface area contributed by atoms with Gasteiger partial charge in [-0.05, 0) is 46.4 Å². The van der Waals surface area contributed by atoms with Gasteiger partial charge in [-0.3, -0.25) is 9.59 Å². The van der Waals surface area contributed by atoms with Crippen LogP contribution in [-0.4, -0.2) is 66.2 Å². The van der Waals surface area contributed by atoms with Crippen molar-refractivity contribution in [2.24, 2.45) is 11.3 Å². The Morgan fingerprint density at radius 3 is 1.91 bits per heavy atom. The van der Waals surface area contributed by atoms with Crippen molar-refractivity contribution >= 4 is 38.9 Å². The van der Waals surface area contributed by atoms with Crippen LogP contribution in [0.5, 0.6) is 0 Å². The van der Waals surface area contributed by atoms with Crippen molar-refractivity contribution in [2.75, 3.05) is 20.3 Å². The van der Waals surface area contributed by atoms with Crippen LogP contribution in [0.25, 0.3) is 0 Å². The van der Waals surface area contributed by atoms with Gasteiger partial charge in [0, 0.05) is 12.5 Å². The minimum Gasteiger partial charge on any atom is -0.468 e. The lowest BCUT2D eigenvalue weighted by Gasteiger charge is -2.48. The summed E-state index contributed by atoms with van der Waals surface area (Å²) in [4.78, 5) is 27.3. The van der Waals surface area contributed by atoms with E-state index >= 15 is 0 Å². The summed E-state index contributed by atoms with van der Waals surface area (Å²) in [6.07, 6.45) is 4.40. The fourth-order valence-corrected chi connectivity index (χ4v) is 12.3. The average Bonchev–Trinajstić information content (AvgIpc) is 3.02. The van der Waals surface area contributed by atoms with E-state index in [0.717, 1.165) is 6.42 Å². The molecule has 47 heavy (non-hydrogen) atoms. The molecule has 0 heterocycles. The minimum absolute atomic E-state index is 0.0645. The van der Waals surface area contributed by atoms with Crippen LogP contribution in [0.4, 0.5) is 0 Å². The Morgan fingerprint density at radius 2 is 1.45 bits per heavy atom. The third-order valence-corrected chi connectivity index (χ3v) is 19.4. The highest BCUT2D eigenvalue weighted by molar-refractivity contribution is 6.99. The molecule has 0 amide bonds. The largest absolute Gasteiger partial charge is 0.468 e. The fraction of sp³-hybridized carbons (Fsp3) is 0.526. The van der Waals surface area contributed by atoms with E-state index in [-0.39, 0.29) is 16.7 Å². The summed E-state index contributed by atoms with van der Waals surface area (Å²) in [7, 11) is -4.01. The Balaban J connectivity index is 1.94. The number of aliphatic hydroxyl groups is 1. The van der Waals surface area contributed by atoms with Crippen LogP contribution >= 0.6 is 0 Å². The monoisotopic (exact) mass is 680 g/mol. The van der Waals surface area contributed by atoms with Crippen LogP contribution in [0.1, 0.15) is 60.8 Å². The molecule has 0 saturated carbocycles. The lowest BCUT2D eigenvalue weighted by Crippen LogP contribution is -2.66. The Hall–Kier alpha value is -2.83. The number of methoxy groups -OCH3 is 1. The molecule has 4 atom stereocenters.